The van der Waals surface area contributed by atoms with E-state index in [9.17, 15) is 18.3 Å². The van der Waals surface area contributed by atoms with Crippen LogP contribution in [-0.2, 0) is 22.8 Å². The Morgan fingerprint density at radius 3 is 2.48 bits per heavy atom. The highest BCUT2D eigenvalue weighted by Crippen LogP contribution is 2.13. The number of urea groups is 1. The largest absolute Gasteiger partial charge is 0.508 e. The summed E-state index contributed by atoms with van der Waals surface area (Å²) in [6, 6.07) is 12.9. The second-order valence-corrected chi connectivity index (χ2v) is 8.04. The van der Waals surface area contributed by atoms with E-state index in [0.29, 0.717) is 12.0 Å². The van der Waals surface area contributed by atoms with E-state index < -0.39 is 9.84 Å². The number of aromatic hydroxyl groups is 1. The molecule has 0 fully saturated rings. The fourth-order valence-corrected chi connectivity index (χ4v) is 3.12. The quantitative estimate of drug-likeness (QED) is 0.734. The lowest BCUT2D eigenvalue weighted by molar-refractivity contribution is 0.237. The minimum Gasteiger partial charge on any atom is -0.508 e. The van der Waals surface area contributed by atoms with Crippen molar-refractivity contribution < 1.29 is 18.3 Å². The number of amides is 2. The molecular weight excluding hydrogens is 340 g/mol. The summed E-state index contributed by atoms with van der Waals surface area (Å²) in [5.41, 5.74) is 1.63. The van der Waals surface area contributed by atoms with Crippen molar-refractivity contribution in [3.8, 4) is 5.75 Å². The van der Waals surface area contributed by atoms with Crippen molar-refractivity contribution >= 4 is 15.9 Å². The fraction of sp³-hybridized carbons (Fsp3) is 0.278. The summed E-state index contributed by atoms with van der Waals surface area (Å²) < 4.78 is 23.1. The van der Waals surface area contributed by atoms with E-state index in [1.54, 1.807) is 36.4 Å². The lowest BCUT2D eigenvalue weighted by Crippen LogP contribution is -2.41. The molecule has 7 heteroatoms. The van der Waals surface area contributed by atoms with Crippen molar-refractivity contribution in [2.24, 2.45) is 0 Å². The van der Waals surface area contributed by atoms with Gasteiger partial charge in [-0.1, -0.05) is 24.3 Å². The molecule has 1 atom stereocenters. The van der Waals surface area contributed by atoms with Crippen LogP contribution >= 0.6 is 0 Å². The predicted octanol–water partition coefficient (Wildman–Crippen LogP) is 2.23. The van der Waals surface area contributed by atoms with Crippen molar-refractivity contribution in [1.29, 1.82) is 0 Å². The minimum atomic E-state index is -3.27. The first-order valence-corrected chi connectivity index (χ1v) is 9.74. The molecule has 0 radical (unpaired) electrons. The van der Waals surface area contributed by atoms with E-state index in [1.165, 1.54) is 6.07 Å². The third-order valence-electron chi connectivity index (χ3n) is 3.61. The molecule has 0 aliphatic rings. The van der Waals surface area contributed by atoms with Gasteiger partial charge in [-0.2, -0.15) is 0 Å². The highest BCUT2D eigenvalue weighted by Gasteiger charge is 2.10. The summed E-state index contributed by atoms with van der Waals surface area (Å²) in [5.74, 6) is 0.194. The molecule has 1 unspecified atom stereocenters. The second kappa shape index (κ2) is 8.02. The number of carbonyl (C=O) groups excluding carboxylic acids is 1. The van der Waals surface area contributed by atoms with Gasteiger partial charge in [-0.3, -0.25) is 0 Å². The van der Waals surface area contributed by atoms with Gasteiger partial charge in [-0.15, -0.1) is 0 Å². The predicted molar refractivity (Wildman–Crippen MR) is 96.2 cm³/mol. The summed E-state index contributed by atoms with van der Waals surface area (Å²) in [4.78, 5) is 12.2. The van der Waals surface area contributed by atoms with Crippen molar-refractivity contribution in [2.75, 3.05) is 6.26 Å². The number of benzene rings is 2. The molecule has 0 saturated heterocycles. The first-order valence-electron chi connectivity index (χ1n) is 7.85. The van der Waals surface area contributed by atoms with Crippen LogP contribution in [0.5, 0.6) is 5.75 Å². The first-order chi connectivity index (χ1) is 11.7. The van der Waals surface area contributed by atoms with E-state index in [4.69, 9.17) is 0 Å². The van der Waals surface area contributed by atoms with E-state index in [-0.39, 0.29) is 29.3 Å². The maximum Gasteiger partial charge on any atom is 0.315 e. The molecule has 2 amide bonds. The average molecular weight is 362 g/mol. The van der Waals surface area contributed by atoms with Gasteiger partial charge in [0, 0.05) is 18.8 Å². The molecule has 0 aliphatic heterocycles. The molecular formula is C18H22N2O4S. The van der Waals surface area contributed by atoms with Crippen LogP contribution in [0.15, 0.2) is 53.4 Å². The molecule has 0 aromatic heterocycles. The molecule has 2 aromatic carbocycles. The Hall–Kier alpha value is -2.54. The van der Waals surface area contributed by atoms with Gasteiger partial charge in [0.2, 0.25) is 0 Å². The first kappa shape index (κ1) is 18.8. The van der Waals surface area contributed by atoms with Gasteiger partial charge < -0.3 is 15.7 Å². The smallest absolute Gasteiger partial charge is 0.315 e. The third-order valence-corrected chi connectivity index (χ3v) is 4.72. The number of phenols is 1. The number of carbonyl (C=O) groups is 1. The van der Waals surface area contributed by atoms with Crippen LogP contribution in [0.3, 0.4) is 0 Å². The second-order valence-electron chi connectivity index (χ2n) is 6.02. The van der Waals surface area contributed by atoms with Crippen molar-refractivity contribution in [2.45, 2.75) is 30.8 Å². The molecule has 2 aromatic rings. The standard InChI is InChI=1S/C18H22N2O4S/c1-13(9-14-5-3-7-16(21)10-14)20-18(22)19-12-15-6-4-8-17(11-15)25(2,23)24/h3-8,10-11,13,21H,9,12H2,1-2H3,(H2,19,20,22). The Bertz CT molecular complexity index is 850. The fourth-order valence-electron chi connectivity index (χ4n) is 2.43. The van der Waals surface area contributed by atoms with Crippen LogP contribution in [0.2, 0.25) is 0 Å². The number of hydrogen-bond donors (Lipinski definition) is 3. The van der Waals surface area contributed by atoms with Crippen LogP contribution in [0, 0.1) is 0 Å². The minimum absolute atomic E-state index is 0.121. The number of sulfone groups is 1. The van der Waals surface area contributed by atoms with Crippen LogP contribution in [0.4, 0.5) is 4.79 Å². The monoisotopic (exact) mass is 362 g/mol. The SMILES string of the molecule is CC(Cc1cccc(O)c1)NC(=O)NCc1cccc(S(C)(=O)=O)c1. The molecule has 0 saturated carbocycles. The zero-order valence-electron chi connectivity index (χ0n) is 14.2. The Morgan fingerprint density at radius 2 is 1.80 bits per heavy atom. The lowest BCUT2D eigenvalue weighted by Gasteiger charge is -2.15. The van der Waals surface area contributed by atoms with Gasteiger partial charge in [0.05, 0.1) is 4.90 Å². The molecule has 2 rings (SSSR count). The molecule has 134 valence electrons. The summed E-state index contributed by atoms with van der Waals surface area (Å²) in [5, 5.41) is 15.0. The van der Waals surface area contributed by atoms with E-state index in [1.807, 2.05) is 13.0 Å². The Labute approximate surface area is 147 Å². The van der Waals surface area contributed by atoms with Gasteiger partial charge >= 0.3 is 6.03 Å². The Balaban J connectivity index is 1.86. The molecule has 3 N–H and O–H groups in total. The maximum atomic E-state index is 12.0. The number of hydrogen-bond acceptors (Lipinski definition) is 4. The summed E-state index contributed by atoms with van der Waals surface area (Å²) >= 11 is 0. The van der Waals surface area contributed by atoms with Gasteiger partial charge in [-0.05, 0) is 48.7 Å². The highest BCUT2D eigenvalue weighted by atomic mass is 32.2. The maximum absolute atomic E-state index is 12.0. The van der Waals surface area contributed by atoms with E-state index >= 15 is 0 Å². The van der Waals surface area contributed by atoms with Crippen molar-refractivity contribution in [1.82, 2.24) is 10.6 Å². The lowest BCUT2D eigenvalue weighted by atomic mass is 10.1. The van der Waals surface area contributed by atoms with Crippen LogP contribution in [-0.4, -0.2) is 31.9 Å². The highest BCUT2D eigenvalue weighted by molar-refractivity contribution is 7.90. The summed E-state index contributed by atoms with van der Waals surface area (Å²) in [6.45, 7) is 2.10. The normalized spacial score (nSPS) is 12.4. The number of nitrogens with one attached hydrogen (secondary N) is 2. The zero-order valence-corrected chi connectivity index (χ0v) is 15.0. The van der Waals surface area contributed by atoms with Crippen LogP contribution in [0.25, 0.3) is 0 Å². The van der Waals surface area contributed by atoms with Gasteiger partial charge in [0.25, 0.3) is 0 Å². The molecule has 0 aliphatic carbocycles. The topological polar surface area (TPSA) is 95.5 Å². The molecule has 0 bridgehead atoms. The average Bonchev–Trinajstić information content (AvgIpc) is 2.52. The Kier molecular flexibility index (Phi) is 6.03. The number of phenolic OH excluding ortho intramolecular Hbond substituents is 1. The molecule has 0 heterocycles. The van der Waals surface area contributed by atoms with E-state index in [0.717, 1.165) is 11.8 Å². The van der Waals surface area contributed by atoms with Crippen LogP contribution < -0.4 is 10.6 Å². The molecule has 25 heavy (non-hydrogen) atoms. The zero-order chi connectivity index (χ0) is 18.4. The van der Waals surface area contributed by atoms with Crippen molar-refractivity contribution in [3.63, 3.8) is 0 Å². The summed E-state index contributed by atoms with van der Waals surface area (Å²) in [7, 11) is -3.27. The molecule has 0 spiro atoms. The third kappa shape index (κ3) is 6.11. The van der Waals surface area contributed by atoms with Crippen molar-refractivity contribution in [3.05, 3.63) is 59.7 Å². The van der Waals surface area contributed by atoms with Gasteiger partial charge in [0.1, 0.15) is 5.75 Å². The number of rotatable bonds is 6. The summed E-state index contributed by atoms with van der Waals surface area (Å²) in [6.07, 6.45) is 1.74. The van der Waals surface area contributed by atoms with Crippen LogP contribution in [0.1, 0.15) is 18.1 Å². The van der Waals surface area contributed by atoms with Gasteiger partial charge in [-0.25, -0.2) is 13.2 Å². The van der Waals surface area contributed by atoms with E-state index in [2.05, 4.69) is 10.6 Å². The Morgan fingerprint density at radius 1 is 1.12 bits per heavy atom. The molecule has 6 nitrogen and oxygen atoms in total. The van der Waals surface area contributed by atoms with Gasteiger partial charge in [0.15, 0.2) is 9.84 Å².